The van der Waals surface area contributed by atoms with E-state index >= 15 is 0 Å². The molecule has 1 atom stereocenters. The van der Waals surface area contributed by atoms with E-state index in [0.29, 0.717) is 24.0 Å². The molecule has 0 aromatic heterocycles. The van der Waals surface area contributed by atoms with Crippen molar-refractivity contribution < 1.29 is 14.1 Å². The minimum Gasteiger partial charge on any atom is -0.493 e. The molecule has 0 fully saturated rings. The number of hydrogen-bond donors (Lipinski definition) is 1. The first-order valence-corrected chi connectivity index (χ1v) is 6.26. The molecule has 100 valence electrons. The lowest BCUT2D eigenvalue weighted by molar-refractivity contribution is -0.387. The van der Waals surface area contributed by atoms with Gasteiger partial charge >= 0.3 is 5.69 Å². The molecular formula is C12H16FNO3S. The Hall–Kier alpha value is -1.30. The van der Waals surface area contributed by atoms with Gasteiger partial charge in [-0.15, -0.1) is 0 Å². The van der Waals surface area contributed by atoms with Crippen molar-refractivity contribution in [3.05, 3.63) is 34.1 Å². The third-order valence-electron chi connectivity index (χ3n) is 2.76. The molecule has 0 amide bonds. The predicted octanol–water partition coefficient (Wildman–Crippen LogP) is 3.31. The molecule has 1 aromatic carbocycles. The van der Waals surface area contributed by atoms with Crippen LogP contribution in [0.2, 0.25) is 0 Å². The first kappa shape index (κ1) is 14.8. The minimum absolute atomic E-state index is 0.256. The van der Waals surface area contributed by atoms with Crippen molar-refractivity contribution in [2.45, 2.75) is 13.8 Å². The highest BCUT2D eigenvalue weighted by atomic mass is 32.1. The second-order valence-corrected chi connectivity index (χ2v) is 4.73. The molecule has 0 saturated carbocycles. The normalized spacial score (nSPS) is 12.5. The van der Waals surface area contributed by atoms with Crippen LogP contribution in [-0.2, 0) is 0 Å². The molecule has 0 saturated heterocycles. The quantitative estimate of drug-likeness (QED) is 0.491. The van der Waals surface area contributed by atoms with Gasteiger partial charge in [-0.1, -0.05) is 13.8 Å². The number of ether oxygens (including phenoxy) is 1. The van der Waals surface area contributed by atoms with Crippen LogP contribution >= 0.6 is 12.6 Å². The monoisotopic (exact) mass is 273 g/mol. The summed E-state index contributed by atoms with van der Waals surface area (Å²) in [6, 6.07) is 3.54. The molecule has 6 heteroatoms. The highest BCUT2D eigenvalue weighted by Crippen LogP contribution is 2.23. The van der Waals surface area contributed by atoms with Crippen LogP contribution < -0.4 is 4.74 Å². The average Bonchev–Trinajstić information content (AvgIpc) is 2.28. The van der Waals surface area contributed by atoms with Gasteiger partial charge in [0.15, 0.2) is 0 Å². The number of thiol groups is 1. The van der Waals surface area contributed by atoms with Crippen molar-refractivity contribution in [3.63, 3.8) is 0 Å². The van der Waals surface area contributed by atoms with E-state index in [1.54, 1.807) is 0 Å². The first-order valence-electron chi connectivity index (χ1n) is 5.63. The highest BCUT2D eigenvalue weighted by molar-refractivity contribution is 7.80. The average molecular weight is 273 g/mol. The summed E-state index contributed by atoms with van der Waals surface area (Å²) in [5.41, 5.74) is -0.544. The summed E-state index contributed by atoms with van der Waals surface area (Å²) < 4.78 is 18.8. The van der Waals surface area contributed by atoms with E-state index in [1.165, 1.54) is 6.07 Å². The Bertz CT molecular complexity index is 426. The largest absolute Gasteiger partial charge is 0.493 e. The molecule has 4 nitrogen and oxygen atoms in total. The maximum atomic E-state index is 13.3. The number of benzene rings is 1. The van der Waals surface area contributed by atoms with E-state index in [0.717, 1.165) is 12.1 Å². The Morgan fingerprint density at radius 2 is 2.17 bits per heavy atom. The van der Waals surface area contributed by atoms with Crippen molar-refractivity contribution >= 4 is 18.3 Å². The van der Waals surface area contributed by atoms with Gasteiger partial charge in [-0.3, -0.25) is 10.1 Å². The molecular weight excluding hydrogens is 257 g/mol. The summed E-state index contributed by atoms with van der Waals surface area (Å²) >= 11 is 4.22. The molecule has 1 unspecified atom stereocenters. The summed E-state index contributed by atoms with van der Waals surface area (Å²) in [5.74, 6) is 0.750. The third kappa shape index (κ3) is 3.87. The van der Waals surface area contributed by atoms with Gasteiger partial charge in [0.1, 0.15) is 5.75 Å². The van der Waals surface area contributed by atoms with E-state index in [4.69, 9.17) is 4.74 Å². The van der Waals surface area contributed by atoms with Crippen molar-refractivity contribution in [1.29, 1.82) is 0 Å². The Morgan fingerprint density at radius 3 is 2.61 bits per heavy atom. The van der Waals surface area contributed by atoms with E-state index in [-0.39, 0.29) is 5.92 Å². The van der Waals surface area contributed by atoms with E-state index < -0.39 is 16.4 Å². The molecule has 0 aliphatic heterocycles. The SMILES string of the molecule is CC(C)C(CS)COc1ccc([N+](=O)[O-])c(F)c1. The summed E-state index contributed by atoms with van der Waals surface area (Å²) in [7, 11) is 0. The lowest BCUT2D eigenvalue weighted by Crippen LogP contribution is -2.19. The van der Waals surface area contributed by atoms with Gasteiger partial charge in [0.05, 0.1) is 11.5 Å². The molecule has 1 rings (SSSR count). The van der Waals surface area contributed by atoms with Crippen LogP contribution in [0.25, 0.3) is 0 Å². The molecule has 0 bridgehead atoms. The summed E-state index contributed by atoms with van der Waals surface area (Å²) in [6.45, 7) is 4.53. The maximum Gasteiger partial charge on any atom is 0.305 e. The second kappa shape index (κ2) is 6.58. The summed E-state index contributed by atoms with van der Waals surface area (Å²) in [6.07, 6.45) is 0. The van der Waals surface area contributed by atoms with Gasteiger partial charge in [0.2, 0.25) is 5.82 Å². The fraction of sp³-hybridized carbons (Fsp3) is 0.500. The standard InChI is InChI=1S/C12H16FNO3S/c1-8(2)9(7-18)6-17-10-3-4-12(14(15)16)11(13)5-10/h3-5,8-9,18H,6-7H2,1-2H3. The van der Waals surface area contributed by atoms with Crippen LogP contribution in [0, 0.1) is 27.8 Å². The Kier molecular flexibility index (Phi) is 5.40. The van der Waals surface area contributed by atoms with Crippen molar-refractivity contribution in [3.8, 4) is 5.75 Å². The molecule has 0 N–H and O–H groups in total. The maximum absolute atomic E-state index is 13.3. The third-order valence-corrected chi connectivity index (χ3v) is 3.23. The zero-order valence-electron chi connectivity index (χ0n) is 10.3. The highest BCUT2D eigenvalue weighted by Gasteiger charge is 2.16. The van der Waals surface area contributed by atoms with Gasteiger partial charge in [-0.05, 0) is 17.7 Å². The van der Waals surface area contributed by atoms with Crippen LogP contribution in [0.5, 0.6) is 5.75 Å². The van der Waals surface area contributed by atoms with Crippen LogP contribution in [-0.4, -0.2) is 17.3 Å². The molecule has 0 aliphatic rings. The Labute approximate surface area is 111 Å². The zero-order valence-corrected chi connectivity index (χ0v) is 11.2. The van der Waals surface area contributed by atoms with Gasteiger partial charge in [-0.2, -0.15) is 17.0 Å². The minimum atomic E-state index is -0.885. The number of nitro groups is 1. The van der Waals surface area contributed by atoms with Gasteiger partial charge in [0, 0.05) is 18.1 Å². The number of nitrogens with zero attached hydrogens (tertiary/aromatic N) is 1. The van der Waals surface area contributed by atoms with Gasteiger partial charge in [0.25, 0.3) is 0 Å². The van der Waals surface area contributed by atoms with E-state index in [9.17, 15) is 14.5 Å². The van der Waals surface area contributed by atoms with Crippen LogP contribution in [0.1, 0.15) is 13.8 Å². The first-order chi connectivity index (χ1) is 8.45. The molecule has 18 heavy (non-hydrogen) atoms. The van der Waals surface area contributed by atoms with Crippen LogP contribution in [0.3, 0.4) is 0 Å². The van der Waals surface area contributed by atoms with Gasteiger partial charge < -0.3 is 4.74 Å². The second-order valence-electron chi connectivity index (χ2n) is 4.37. The molecule has 0 aliphatic carbocycles. The smallest absolute Gasteiger partial charge is 0.305 e. The lowest BCUT2D eigenvalue weighted by atomic mass is 9.99. The molecule has 0 heterocycles. The fourth-order valence-corrected chi connectivity index (χ4v) is 1.91. The Balaban J connectivity index is 2.69. The van der Waals surface area contributed by atoms with E-state index in [1.807, 2.05) is 0 Å². The van der Waals surface area contributed by atoms with Crippen molar-refractivity contribution in [2.24, 2.45) is 11.8 Å². The number of hydrogen-bond acceptors (Lipinski definition) is 4. The van der Waals surface area contributed by atoms with Crippen molar-refractivity contribution in [1.82, 2.24) is 0 Å². The predicted molar refractivity (Wildman–Crippen MR) is 70.7 cm³/mol. The summed E-state index contributed by atoms with van der Waals surface area (Å²) in [4.78, 5) is 9.69. The molecule has 1 aromatic rings. The number of nitro benzene ring substituents is 1. The fourth-order valence-electron chi connectivity index (χ4n) is 1.38. The lowest BCUT2D eigenvalue weighted by Gasteiger charge is -2.18. The topological polar surface area (TPSA) is 52.4 Å². The van der Waals surface area contributed by atoms with Gasteiger partial charge in [-0.25, -0.2) is 0 Å². The Morgan fingerprint density at radius 1 is 1.50 bits per heavy atom. The van der Waals surface area contributed by atoms with Crippen LogP contribution in [0.15, 0.2) is 18.2 Å². The van der Waals surface area contributed by atoms with E-state index in [2.05, 4.69) is 26.5 Å². The summed E-state index contributed by atoms with van der Waals surface area (Å²) in [5, 5.41) is 10.4. The number of halogens is 1. The number of rotatable bonds is 6. The molecule has 0 spiro atoms. The van der Waals surface area contributed by atoms with Crippen LogP contribution in [0.4, 0.5) is 10.1 Å². The zero-order chi connectivity index (χ0) is 13.7. The molecule has 0 radical (unpaired) electrons. The van der Waals surface area contributed by atoms with Crippen molar-refractivity contribution in [2.75, 3.05) is 12.4 Å².